The molecular formula is C20H25FN4O. The van der Waals surface area contributed by atoms with Crippen LogP contribution in [0.15, 0.2) is 30.5 Å². The number of aryl methyl sites for hydroxylation is 1. The highest BCUT2D eigenvalue weighted by molar-refractivity contribution is 5.95. The van der Waals surface area contributed by atoms with Crippen LogP contribution in [-0.2, 0) is 19.5 Å². The molecule has 0 saturated carbocycles. The molecule has 4 rings (SSSR count). The number of fused-ring (bicyclic) bond motifs is 1. The molecule has 0 atom stereocenters. The van der Waals surface area contributed by atoms with Gasteiger partial charge < -0.3 is 4.90 Å². The van der Waals surface area contributed by atoms with Gasteiger partial charge in [0, 0.05) is 39.3 Å². The molecule has 0 N–H and O–H groups in total. The summed E-state index contributed by atoms with van der Waals surface area (Å²) in [6.45, 7) is 5.02. The van der Waals surface area contributed by atoms with Gasteiger partial charge in [-0.2, -0.15) is 5.10 Å². The molecule has 0 aliphatic carbocycles. The van der Waals surface area contributed by atoms with Gasteiger partial charge in [-0.15, -0.1) is 0 Å². The van der Waals surface area contributed by atoms with Crippen LogP contribution in [0.5, 0.6) is 0 Å². The second-order valence-corrected chi connectivity index (χ2v) is 7.23. The van der Waals surface area contributed by atoms with Gasteiger partial charge in [-0.3, -0.25) is 14.4 Å². The number of halogens is 1. The minimum Gasteiger partial charge on any atom is -0.337 e. The van der Waals surface area contributed by atoms with Crippen LogP contribution in [0.25, 0.3) is 0 Å². The topological polar surface area (TPSA) is 41.4 Å². The number of carbonyl (C=O) groups excluding carboxylic acids is 1. The first-order valence-corrected chi connectivity index (χ1v) is 9.51. The first-order valence-electron chi connectivity index (χ1n) is 9.51. The summed E-state index contributed by atoms with van der Waals surface area (Å²) in [4.78, 5) is 17.3. The number of carbonyl (C=O) groups is 1. The molecule has 2 aliphatic heterocycles. The number of hydrogen-bond acceptors (Lipinski definition) is 3. The molecule has 26 heavy (non-hydrogen) atoms. The minimum atomic E-state index is -0.203. The predicted molar refractivity (Wildman–Crippen MR) is 97.4 cm³/mol. The zero-order valence-corrected chi connectivity index (χ0v) is 15.0. The second-order valence-electron chi connectivity index (χ2n) is 7.23. The lowest BCUT2D eigenvalue weighted by molar-refractivity contribution is 0.0759. The summed E-state index contributed by atoms with van der Waals surface area (Å²) in [6.07, 6.45) is 5.94. The Bertz CT molecular complexity index is 771. The van der Waals surface area contributed by atoms with Crippen molar-refractivity contribution in [1.82, 2.24) is 19.6 Å². The molecule has 3 heterocycles. The third-order valence-corrected chi connectivity index (χ3v) is 5.41. The smallest absolute Gasteiger partial charge is 0.257 e. The van der Waals surface area contributed by atoms with Gasteiger partial charge in [-0.25, -0.2) is 4.39 Å². The van der Waals surface area contributed by atoms with E-state index in [9.17, 15) is 9.18 Å². The lowest BCUT2D eigenvalue weighted by Crippen LogP contribution is -2.35. The zero-order valence-electron chi connectivity index (χ0n) is 15.0. The molecule has 0 bridgehead atoms. The normalized spacial score (nSPS) is 18.4. The Morgan fingerprint density at radius 1 is 1.00 bits per heavy atom. The number of hydrogen-bond donors (Lipinski definition) is 0. The fourth-order valence-electron chi connectivity index (χ4n) is 3.95. The molecule has 1 aromatic carbocycles. The van der Waals surface area contributed by atoms with Gasteiger partial charge in [0.25, 0.3) is 5.91 Å². The maximum atomic E-state index is 13.1. The van der Waals surface area contributed by atoms with Crippen LogP contribution in [-0.4, -0.2) is 51.7 Å². The van der Waals surface area contributed by atoms with Gasteiger partial charge in [-0.05, 0) is 43.4 Å². The number of aromatic nitrogens is 2. The molecule has 0 radical (unpaired) electrons. The van der Waals surface area contributed by atoms with E-state index in [0.29, 0.717) is 0 Å². The Balaban J connectivity index is 1.39. The third kappa shape index (κ3) is 3.65. The lowest BCUT2D eigenvalue weighted by atomic mass is 10.1. The van der Waals surface area contributed by atoms with Crippen molar-refractivity contribution in [1.29, 1.82) is 0 Å². The van der Waals surface area contributed by atoms with Crippen LogP contribution < -0.4 is 0 Å². The molecule has 5 nitrogen and oxygen atoms in total. The summed E-state index contributed by atoms with van der Waals surface area (Å²) in [6, 6.07) is 6.68. The number of amides is 1. The molecule has 1 fully saturated rings. The lowest BCUT2D eigenvalue weighted by Gasteiger charge is -2.23. The molecular weight excluding hydrogens is 331 g/mol. The average molecular weight is 356 g/mol. The Morgan fingerprint density at radius 2 is 1.85 bits per heavy atom. The van der Waals surface area contributed by atoms with E-state index < -0.39 is 0 Å². The van der Waals surface area contributed by atoms with E-state index >= 15 is 0 Å². The van der Waals surface area contributed by atoms with Crippen molar-refractivity contribution in [2.24, 2.45) is 0 Å². The van der Waals surface area contributed by atoms with E-state index in [1.54, 1.807) is 6.20 Å². The van der Waals surface area contributed by atoms with Gasteiger partial charge in [0.1, 0.15) is 5.82 Å². The van der Waals surface area contributed by atoms with Gasteiger partial charge >= 0.3 is 0 Å². The van der Waals surface area contributed by atoms with Gasteiger partial charge in [0.05, 0.1) is 17.5 Å². The quantitative estimate of drug-likeness (QED) is 0.849. The van der Waals surface area contributed by atoms with E-state index in [-0.39, 0.29) is 11.7 Å². The largest absolute Gasteiger partial charge is 0.337 e. The summed E-state index contributed by atoms with van der Waals surface area (Å²) in [5.74, 6) is -0.0809. The summed E-state index contributed by atoms with van der Waals surface area (Å²) >= 11 is 0. The third-order valence-electron chi connectivity index (χ3n) is 5.41. The van der Waals surface area contributed by atoms with Crippen LogP contribution in [0.3, 0.4) is 0 Å². The van der Waals surface area contributed by atoms with Crippen LogP contribution in [0.4, 0.5) is 4.39 Å². The Labute approximate surface area is 153 Å². The van der Waals surface area contributed by atoms with Crippen molar-refractivity contribution in [2.75, 3.05) is 26.2 Å². The van der Waals surface area contributed by atoms with Crippen molar-refractivity contribution in [2.45, 2.75) is 38.8 Å². The first kappa shape index (κ1) is 17.2. The van der Waals surface area contributed by atoms with Crippen molar-refractivity contribution >= 4 is 5.91 Å². The van der Waals surface area contributed by atoms with Gasteiger partial charge in [0.2, 0.25) is 0 Å². The monoisotopic (exact) mass is 356 g/mol. The Kier molecular flexibility index (Phi) is 5.02. The Morgan fingerprint density at radius 3 is 2.69 bits per heavy atom. The molecule has 0 unspecified atom stereocenters. The molecule has 1 aromatic heterocycles. The van der Waals surface area contributed by atoms with E-state index in [2.05, 4.69) is 10.00 Å². The fourth-order valence-corrected chi connectivity index (χ4v) is 3.95. The maximum Gasteiger partial charge on any atom is 0.257 e. The van der Waals surface area contributed by atoms with Crippen molar-refractivity contribution in [3.8, 4) is 0 Å². The molecule has 2 aliphatic rings. The highest BCUT2D eigenvalue weighted by atomic mass is 19.1. The number of benzene rings is 1. The highest BCUT2D eigenvalue weighted by Crippen LogP contribution is 2.20. The SMILES string of the molecule is O=C(c1cnn2c1CCCC2)N1CCCN(Cc2ccc(F)cc2)CC1. The fraction of sp³-hybridized carbons (Fsp3) is 0.500. The molecule has 1 amide bonds. The molecule has 1 saturated heterocycles. The van der Waals surface area contributed by atoms with Crippen molar-refractivity contribution in [3.63, 3.8) is 0 Å². The minimum absolute atomic E-state index is 0.122. The zero-order chi connectivity index (χ0) is 17.9. The van der Waals surface area contributed by atoms with E-state index in [4.69, 9.17) is 0 Å². The second kappa shape index (κ2) is 7.58. The molecule has 6 heteroatoms. The molecule has 2 aromatic rings. The van der Waals surface area contributed by atoms with Crippen LogP contribution in [0.2, 0.25) is 0 Å². The van der Waals surface area contributed by atoms with E-state index in [1.165, 1.54) is 12.1 Å². The highest BCUT2D eigenvalue weighted by Gasteiger charge is 2.25. The van der Waals surface area contributed by atoms with E-state index in [0.717, 1.165) is 81.8 Å². The predicted octanol–water partition coefficient (Wildman–Crippen LogP) is 2.71. The van der Waals surface area contributed by atoms with E-state index in [1.807, 2.05) is 21.7 Å². The van der Waals surface area contributed by atoms with Gasteiger partial charge in [-0.1, -0.05) is 12.1 Å². The van der Waals surface area contributed by atoms with Crippen molar-refractivity contribution < 1.29 is 9.18 Å². The van der Waals surface area contributed by atoms with Crippen molar-refractivity contribution in [3.05, 3.63) is 53.1 Å². The summed E-state index contributed by atoms with van der Waals surface area (Å²) in [7, 11) is 0. The standard InChI is InChI=1S/C20H25FN4O/c21-17-7-5-16(6-8-17)15-23-9-3-10-24(13-12-23)20(26)18-14-22-25-11-2-1-4-19(18)25/h5-8,14H,1-4,9-13,15H2. The van der Waals surface area contributed by atoms with Crippen LogP contribution in [0, 0.1) is 5.82 Å². The van der Waals surface area contributed by atoms with Gasteiger partial charge in [0.15, 0.2) is 0 Å². The molecule has 138 valence electrons. The summed E-state index contributed by atoms with van der Waals surface area (Å²) in [5.41, 5.74) is 3.00. The molecule has 0 spiro atoms. The first-order chi connectivity index (χ1) is 12.7. The maximum absolute atomic E-state index is 13.1. The van der Waals surface area contributed by atoms with Crippen LogP contribution in [0.1, 0.15) is 40.9 Å². The Hall–Kier alpha value is -2.21. The number of nitrogens with zero attached hydrogens (tertiary/aromatic N) is 4. The summed E-state index contributed by atoms with van der Waals surface area (Å²) < 4.78 is 15.1. The number of rotatable bonds is 3. The summed E-state index contributed by atoms with van der Waals surface area (Å²) in [5, 5.41) is 4.40. The van der Waals surface area contributed by atoms with Crippen LogP contribution >= 0.6 is 0 Å². The average Bonchev–Trinajstić information content (AvgIpc) is 2.95.